The first-order chi connectivity index (χ1) is 8.15. The van der Waals surface area contributed by atoms with Gasteiger partial charge in [-0.3, -0.25) is 4.79 Å². The summed E-state index contributed by atoms with van der Waals surface area (Å²) in [6.07, 6.45) is -0.509. The largest absolute Gasteiger partial charge is 0.496 e. The predicted octanol–water partition coefficient (Wildman–Crippen LogP) is 2.31. The average molecular weight is 238 g/mol. The molecule has 0 saturated heterocycles. The number of methoxy groups -OCH3 is 2. The number of ether oxygens (including phenoxy) is 3. The third-order valence-electron chi connectivity index (χ3n) is 2.46. The van der Waals surface area contributed by atoms with E-state index in [4.69, 9.17) is 14.2 Å². The van der Waals surface area contributed by atoms with Gasteiger partial charge in [0.15, 0.2) is 5.78 Å². The maximum absolute atomic E-state index is 12.2. The maximum atomic E-state index is 12.2. The van der Waals surface area contributed by atoms with Gasteiger partial charge in [-0.1, -0.05) is 6.07 Å². The van der Waals surface area contributed by atoms with Crippen LogP contribution in [-0.4, -0.2) is 32.7 Å². The molecule has 0 fully saturated rings. The fraction of sp³-hybridized carbons (Fsp3) is 0.462. The monoisotopic (exact) mass is 238 g/mol. The van der Waals surface area contributed by atoms with Gasteiger partial charge in [-0.15, -0.1) is 0 Å². The highest BCUT2D eigenvalue weighted by molar-refractivity contribution is 6.04. The van der Waals surface area contributed by atoms with Crippen LogP contribution in [0.2, 0.25) is 0 Å². The van der Waals surface area contributed by atoms with Crippen molar-refractivity contribution in [1.29, 1.82) is 0 Å². The molecule has 0 heterocycles. The molecule has 0 saturated carbocycles. The van der Waals surface area contributed by atoms with Crippen molar-refractivity contribution in [3.63, 3.8) is 0 Å². The van der Waals surface area contributed by atoms with E-state index in [0.29, 0.717) is 23.7 Å². The van der Waals surface area contributed by atoms with Gasteiger partial charge in [0, 0.05) is 6.61 Å². The summed E-state index contributed by atoms with van der Waals surface area (Å²) in [5, 5.41) is 0. The Morgan fingerprint density at radius 1 is 1.24 bits per heavy atom. The minimum Gasteiger partial charge on any atom is -0.496 e. The summed E-state index contributed by atoms with van der Waals surface area (Å²) in [6, 6.07) is 5.24. The highest BCUT2D eigenvalue weighted by Crippen LogP contribution is 2.29. The lowest BCUT2D eigenvalue weighted by molar-refractivity contribution is 0.0515. The van der Waals surface area contributed by atoms with Gasteiger partial charge in [-0.2, -0.15) is 0 Å². The molecule has 1 rings (SSSR count). The standard InChI is InChI=1S/C13H18O4/c1-5-17-9(2)13(14)12-10(15-3)7-6-8-11(12)16-4/h6-9H,5H2,1-4H3. The van der Waals surface area contributed by atoms with Gasteiger partial charge in [0.25, 0.3) is 0 Å². The van der Waals surface area contributed by atoms with E-state index >= 15 is 0 Å². The first-order valence-corrected chi connectivity index (χ1v) is 5.52. The van der Waals surface area contributed by atoms with E-state index in [0.717, 1.165) is 0 Å². The van der Waals surface area contributed by atoms with E-state index in [1.54, 1.807) is 25.1 Å². The summed E-state index contributed by atoms with van der Waals surface area (Å²) in [5.41, 5.74) is 0.429. The van der Waals surface area contributed by atoms with Gasteiger partial charge in [0.2, 0.25) is 0 Å². The summed E-state index contributed by atoms with van der Waals surface area (Å²) in [4.78, 5) is 12.2. The average Bonchev–Trinajstić information content (AvgIpc) is 2.37. The molecule has 4 heteroatoms. The third-order valence-corrected chi connectivity index (χ3v) is 2.46. The quantitative estimate of drug-likeness (QED) is 0.713. The molecule has 17 heavy (non-hydrogen) atoms. The van der Waals surface area contributed by atoms with Crippen LogP contribution in [0.4, 0.5) is 0 Å². The molecule has 1 unspecified atom stereocenters. The van der Waals surface area contributed by atoms with Gasteiger partial charge in [0.05, 0.1) is 14.2 Å². The van der Waals surface area contributed by atoms with Crippen molar-refractivity contribution >= 4 is 5.78 Å². The molecule has 0 aliphatic rings. The Morgan fingerprint density at radius 2 is 1.76 bits per heavy atom. The Labute approximate surface area is 101 Å². The zero-order valence-electron chi connectivity index (χ0n) is 10.6. The maximum Gasteiger partial charge on any atom is 0.198 e. The summed E-state index contributed by atoms with van der Waals surface area (Å²) in [7, 11) is 3.05. The highest BCUT2D eigenvalue weighted by Gasteiger charge is 2.23. The van der Waals surface area contributed by atoms with Crippen LogP contribution in [0.3, 0.4) is 0 Å². The SMILES string of the molecule is CCOC(C)C(=O)c1c(OC)cccc1OC. The van der Waals surface area contributed by atoms with Crippen LogP contribution in [0.15, 0.2) is 18.2 Å². The van der Waals surface area contributed by atoms with Crippen LogP contribution >= 0.6 is 0 Å². The van der Waals surface area contributed by atoms with Crippen molar-refractivity contribution in [2.45, 2.75) is 20.0 Å². The lowest BCUT2D eigenvalue weighted by Gasteiger charge is -2.15. The van der Waals surface area contributed by atoms with Gasteiger partial charge in [0.1, 0.15) is 23.2 Å². The summed E-state index contributed by atoms with van der Waals surface area (Å²) in [5.74, 6) is 0.864. The van der Waals surface area contributed by atoms with Crippen LogP contribution in [0.1, 0.15) is 24.2 Å². The van der Waals surface area contributed by atoms with E-state index < -0.39 is 6.10 Å². The minimum atomic E-state index is -0.509. The zero-order chi connectivity index (χ0) is 12.8. The molecule has 1 aromatic rings. The molecule has 1 atom stereocenters. The van der Waals surface area contributed by atoms with Gasteiger partial charge in [-0.05, 0) is 26.0 Å². The molecule has 0 spiro atoms. The van der Waals surface area contributed by atoms with Crippen LogP contribution < -0.4 is 9.47 Å². The number of hydrogen-bond donors (Lipinski definition) is 0. The second-order valence-corrected chi connectivity index (χ2v) is 3.50. The van der Waals surface area contributed by atoms with Crippen molar-refractivity contribution in [3.05, 3.63) is 23.8 Å². The Balaban J connectivity index is 3.13. The van der Waals surface area contributed by atoms with E-state index in [1.165, 1.54) is 14.2 Å². The second-order valence-electron chi connectivity index (χ2n) is 3.50. The van der Waals surface area contributed by atoms with E-state index in [-0.39, 0.29) is 5.78 Å². The topological polar surface area (TPSA) is 44.8 Å². The first kappa shape index (κ1) is 13.5. The van der Waals surface area contributed by atoms with Gasteiger partial charge < -0.3 is 14.2 Å². The molecule has 0 N–H and O–H groups in total. The molecular formula is C13H18O4. The molecule has 0 bridgehead atoms. The Morgan fingerprint density at radius 3 is 2.18 bits per heavy atom. The number of Topliss-reactive ketones (excluding diaryl/α,β-unsaturated/α-hetero) is 1. The minimum absolute atomic E-state index is 0.138. The lowest BCUT2D eigenvalue weighted by Crippen LogP contribution is -2.22. The number of carbonyl (C=O) groups is 1. The molecule has 1 aromatic carbocycles. The number of ketones is 1. The fourth-order valence-electron chi connectivity index (χ4n) is 1.62. The number of benzene rings is 1. The Bertz CT molecular complexity index is 365. The van der Waals surface area contributed by atoms with Crippen LogP contribution in [0, 0.1) is 0 Å². The zero-order valence-corrected chi connectivity index (χ0v) is 10.6. The van der Waals surface area contributed by atoms with Crippen LogP contribution in [0.5, 0.6) is 11.5 Å². The van der Waals surface area contributed by atoms with E-state index in [1.807, 2.05) is 6.92 Å². The van der Waals surface area contributed by atoms with E-state index in [9.17, 15) is 4.79 Å². The Hall–Kier alpha value is -1.55. The smallest absolute Gasteiger partial charge is 0.198 e. The molecule has 0 radical (unpaired) electrons. The normalized spacial score (nSPS) is 12.0. The first-order valence-electron chi connectivity index (χ1n) is 5.52. The third kappa shape index (κ3) is 2.97. The van der Waals surface area contributed by atoms with Crippen molar-refractivity contribution in [3.8, 4) is 11.5 Å². The number of hydrogen-bond acceptors (Lipinski definition) is 4. The Kier molecular flexibility index (Phi) is 4.97. The molecular weight excluding hydrogens is 220 g/mol. The van der Waals surface area contributed by atoms with Gasteiger partial charge >= 0.3 is 0 Å². The molecule has 94 valence electrons. The molecule has 0 aliphatic heterocycles. The molecule has 0 aliphatic carbocycles. The summed E-state index contributed by atoms with van der Waals surface area (Å²) >= 11 is 0. The predicted molar refractivity (Wildman–Crippen MR) is 65.0 cm³/mol. The lowest BCUT2D eigenvalue weighted by atomic mass is 10.0. The number of rotatable bonds is 6. The molecule has 4 nitrogen and oxygen atoms in total. The second kappa shape index (κ2) is 6.25. The van der Waals surface area contributed by atoms with Crippen molar-refractivity contribution in [2.24, 2.45) is 0 Å². The number of carbonyl (C=O) groups excluding carboxylic acids is 1. The van der Waals surface area contributed by atoms with Crippen molar-refractivity contribution < 1.29 is 19.0 Å². The van der Waals surface area contributed by atoms with Crippen molar-refractivity contribution in [1.82, 2.24) is 0 Å². The summed E-state index contributed by atoms with van der Waals surface area (Å²) in [6.45, 7) is 4.06. The fourth-order valence-corrected chi connectivity index (χ4v) is 1.62. The highest BCUT2D eigenvalue weighted by atomic mass is 16.5. The molecule has 0 aromatic heterocycles. The van der Waals surface area contributed by atoms with Gasteiger partial charge in [-0.25, -0.2) is 0 Å². The van der Waals surface area contributed by atoms with E-state index in [2.05, 4.69) is 0 Å². The van der Waals surface area contributed by atoms with Crippen LogP contribution in [-0.2, 0) is 4.74 Å². The molecule has 0 amide bonds. The van der Waals surface area contributed by atoms with Crippen LogP contribution in [0.25, 0.3) is 0 Å². The summed E-state index contributed by atoms with van der Waals surface area (Å²) < 4.78 is 15.7. The van der Waals surface area contributed by atoms with Crippen molar-refractivity contribution in [2.75, 3.05) is 20.8 Å².